The molecule has 0 aliphatic rings. The first-order valence-corrected chi connectivity index (χ1v) is 16.2. The molecule has 0 fully saturated rings. The third-order valence-electron chi connectivity index (χ3n) is 5.64. The predicted molar refractivity (Wildman–Crippen MR) is 147 cm³/mol. The van der Waals surface area contributed by atoms with Crippen LogP contribution < -0.4 is 0 Å². The van der Waals surface area contributed by atoms with E-state index in [1.54, 1.807) is 0 Å². The minimum absolute atomic E-state index is 0.0253. The fourth-order valence-corrected chi connectivity index (χ4v) is 7.28. The summed E-state index contributed by atoms with van der Waals surface area (Å²) in [7, 11) is -6.14. The summed E-state index contributed by atoms with van der Waals surface area (Å²) in [6.45, 7) is 4.21. The molecule has 0 radical (unpaired) electrons. The normalized spacial score (nSPS) is 13.8. The van der Waals surface area contributed by atoms with Crippen LogP contribution in [0.1, 0.15) is 63.5 Å². The number of ether oxygens (including phenoxy) is 2. The molecule has 0 spiro atoms. The second-order valence-corrected chi connectivity index (χ2v) is 12.6. The number of carbonyl (C=O) groups is 2. The zero-order chi connectivity index (χ0) is 27.6. The van der Waals surface area contributed by atoms with Gasteiger partial charge in [-0.15, -0.1) is 0 Å². The average molecular weight is 566 g/mol. The number of benzene rings is 2. The summed E-state index contributed by atoms with van der Waals surface area (Å²) in [4.78, 5) is 25.5. The van der Waals surface area contributed by atoms with Gasteiger partial charge in [-0.05, 0) is 35.0 Å². The Balaban J connectivity index is 2.10. The van der Waals surface area contributed by atoms with E-state index in [0.29, 0.717) is 12.8 Å². The van der Waals surface area contributed by atoms with Crippen molar-refractivity contribution < 1.29 is 37.0 Å². The molecule has 0 N–H and O–H groups in total. The second kappa shape index (κ2) is 18.0. The third kappa shape index (κ3) is 12.9. The minimum Gasteiger partial charge on any atom is -0.461 e. The Labute approximate surface area is 226 Å². The van der Waals surface area contributed by atoms with Gasteiger partial charge in [-0.25, -0.2) is 0 Å². The standard InChI is InChI=1S/C28H39O8P2/c1-3-5-19-35-38(32,36-37(31)20-6-4-2)23-26(28(30)34-22-25-15-11-8-12-16-25)17-18-27(29)33-21-24-13-9-7-10-14-24/h7-16,26H,3-6,17-23H2,1-2H3/q+1. The molecule has 0 saturated heterocycles. The molecule has 0 heterocycles. The van der Waals surface area contributed by atoms with Crippen LogP contribution in [0.15, 0.2) is 60.7 Å². The van der Waals surface area contributed by atoms with Crippen LogP contribution in [-0.4, -0.2) is 30.9 Å². The van der Waals surface area contributed by atoms with E-state index in [-0.39, 0.29) is 45.0 Å². The van der Waals surface area contributed by atoms with Crippen molar-refractivity contribution in [2.75, 3.05) is 18.9 Å². The smallest absolute Gasteiger partial charge is 0.461 e. The van der Waals surface area contributed by atoms with E-state index in [0.717, 1.165) is 24.0 Å². The van der Waals surface area contributed by atoms with Crippen molar-refractivity contribution in [3.05, 3.63) is 71.8 Å². The highest BCUT2D eigenvalue weighted by molar-refractivity contribution is 7.61. The average Bonchev–Trinajstić information content (AvgIpc) is 2.93. The maximum atomic E-state index is 13.7. The zero-order valence-corrected chi connectivity index (χ0v) is 24.1. The molecule has 0 aliphatic heterocycles. The summed E-state index contributed by atoms with van der Waals surface area (Å²) in [6, 6.07) is 18.4. The van der Waals surface area contributed by atoms with E-state index >= 15 is 0 Å². The van der Waals surface area contributed by atoms with Crippen LogP contribution >= 0.6 is 15.6 Å². The molecule has 208 valence electrons. The molecule has 8 nitrogen and oxygen atoms in total. The molecule has 3 atom stereocenters. The SMILES string of the molecule is CCCCOP(=O)(CC(CCC(=O)OCc1ccccc1)C(=O)OCc1ccccc1)O[P+](=O)CCCC. The maximum absolute atomic E-state index is 13.7. The first-order chi connectivity index (χ1) is 18.3. The van der Waals surface area contributed by atoms with Crippen molar-refractivity contribution in [2.45, 2.75) is 65.6 Å². The van der Waals surface area contributed by atoms with Crippen molar-refractivity contribution in [1.29, 1.82) is 0 Å². The fourth-order valence-electron chi connectivity index (χ4n) is 3.43. The van der Waals surface area contributed by atoms with Crippen LogP contribution in [-0.2, 0) is 50.2 Å². The van der Waals surface area contributed by atoms with E-state index in [2.05, 4.69) is 0 Å². The summed E-state index contributed by atoms with van der Waals surface area (Å²) in [5, 5.41) is 0. The quantitative estimate of drug-likeness (QED) is 0.0983. The number of rotatable bonds is 19. The Kier molecular flexibility index (Phi) is 15.1. The van der Waals surface area contributed by atoms with E-state index < -0.39 is 33.5 Å². The summed E-state index contributed by atoms with van der Waals surface area (Å²) >= 11 is 0. The molecule has 0 aromatic heterocycles. The van der Waals surface area contributed by atoms with Crippen molar-refractivity contribution in [2.24, 2.45) is 5.92 Å². The van der Waals surface area contributed by atoms with E-state index in [1.165, 1.54) is 0 Å². The molecule has 2 rings (SSSR count). The van der Waals surface area contributed by atoms with Gasteiger partial charge in [0.1, 0.15) is 13.2 Å². The molecule has 2 aromatic carbocycles. The summed E-state index contributed by atoms with van der Waals surface area (Å²) in [6.07, 6.45) is 2.76. The highest BCUT2D eigenvalue weighted by Gasteiger charge is 2.41. The van der Waals surface area contributed by atoms with Gasteiger partial charge in [-0.3, -0.25) is 14.2 Å². The van der Waals surface area contributed by atoms with Crippen LogP contribution in [0.25, 0.3) is 0 Å². The summed E-state index contributed by atoms with van der Waals surface area (Å²) in [5.74, 6) is -2.09. The van der Waals surface area contributed by atoms with Gasteiger partial charge in [0.05, 0.1) is 18.7 Å². The van der Waals surface area contributed by atoms with Crippen molar-refractivity contribution >= 4 is 27.6 Å². The molecular weight excluding hydrogens is 526 g/mol. The van der Waals surface area contributed by atoms with Crippen LogP contribution in [0.2, 0.25) is 0 Å². The van der Waals surface area contributed by atoms with Crippen molar-refractivity contribution in [1.82, 2.24) is 0 Å². The Morgan fingerprint density at radius 1 is 0.868 bits per heavy atom. The van der Waals surface area contributed by atoms with Gasteiger partial charge in [0.2, 0.25) is 0 Å². The van der Waals surface area contributed by atoms with E-state index in [9.17, 15) is 18.7 Å². The van der Waals surface area contributed by atoms with Crippen LogP contribution in [0.4, 0.5) is 0 Å². The maximum Gasteiger partial charge on any atom is 0.516 e. The van der Waals surface area contributed by atoms with E-state index in [1.807, 2.05) is 74.5 Å². The van der Waals surface area contributed by atoms with Gasteiger partial charge in [-0.2, -0.15) is 0 Å². The molecule has 0 aliphatic carbocycles. The molecule has 10 heteroatoms. The molecule has 3 unspecified atom stereocenters. The lowest BCUT2D eigenvalue weighted by Gasteiger charge is -2.20. The van der Waals surface area contributed by atoms with E-state index in [4.69, 9.17) is 18.3 Å². The molecule has 0 amide bonds. The summed E-state index contributed by atoms with van der Waals surface area (Å²) < 4.78 is 48.0. The van der Waals surface area contributed by atoms with Gasteiger partial charge >= 0.3 is 27.6 Å². The molecule has 2 aromatic rings. The van der Waals surface area contributed by atoms with Gasteiger partial charge in [0.15, 0.2) is 6.16 Å². The van der Waals surface area contributed by atoms with Crippen molar-refractivity contribution in [3.63, 3.8) is 0 Å². The second-order valence-electron chi connectivity index (χ2n) is 8.95. The Morgan fingerprint density at radius 2 is 1.45 bits per heavy atom. The van der Waals surface area contributed by atoms with Gasteiger partial charge in [0.25, 0.3) is 0 Å². The lowest BCUT2D eigenvalue weighted by atomic mass is 10.1. The topological polar surface area (TPSA) is 105 Å². The number of unbranched alkanes of at least 4 members (excludes halogenated alkanes) is 2. The predicted octanol–water partition coefficient (Wildman–Crippen LogP) is 7.44. The number of esters is 2. The highest BCUT2D eigenvalue weighted by Crippen LogP contribution is 2.57. The largest absolute Gasteiger partial charge is 0.516 e. The molecule has 0 saturated carbocycles. The van der Waals surface area contributed by atoms with Gasteiger partial charge < -0.3 is 14.0 Å². The molecular formula is C28H39O8P2+. The number of hydrogen-bond acceptors (Lipinski definition) is 8. The lowest BCUT2D eigenvalue weighted by Crippen LogP contribution is -2.23. The van der Waals surface area contributed by atoms with Gasteiger partial charge in [0, 0.05) is 6.42 Å². The van der Waals surface area contributed by atoms with Crippen molar-refractivity contribution in [3.8, 4) is 0 Å². The first-order valence-electron chi connectivity index (χ1n) is 13.1. The Hall–Kier alpha value is -2.37. The van der Waals surface area contributed by atoms with Crippen LogP contribution in [0, 0.1) is 5.92 Å². The number of hydrogen-bond donors (Lipinski definition) is 0. The molecule has 0 bridgehead atoms. The Bertz CT molecular complexity index is 1030. The van der Waals surface area contributed by atoms with Crippen LogP contribution in [0.5, 0.6) is 0 Å². The Morgan fingerprint density at radius 3 is 2.03 bits per heavy atom. The lowest BCUT2D eigenvalue weighted by molar-refractivity contribution is -0.150. The molecule has 38 heavy (non-hydrogen) atoms. The fraction of sp³-hybridized carbons (Fsp3) is 0.500. The number of carbonyl (C=O) groups excluding carboxylic acids is 2. The third-order valence-corrected chi connectivity index (χ3v) is 9.51. The highest BCUT2D eigenvalue weighted by atomic mass is 31.2. The first kappa shape index (κ1) is 31.8. The monoisotopic (exact) mass is 565 g/mol. The minimum atomic E-state index is -3.91. The van der Waals surface area contributed by atoms with Gasteiger partial charge in [-0.1, -0.05) is 91.7 Å². The summed E-state index contributed by atoms with van der Waals surface area (Å²) in [5.41, 5.74) is 1.64. The zero-order valence-electron chi connectivity index (χ0n) is 22.3. The van der Waals surface area contributed by atoms with Crippen LogP contribution in [0.3, 0.4) is 0 Å².